The van der Waals surface area contributed by atoms with Crippen LogP contribution in [-0.4, -0.2) is 12.1 Å². The highest BCUT2D eigenvalue weighted by atomic mass is 35.5. The quantitative estimate of drug-likeness (QED) is 0.585. The fraction of sp³-hybridized carbons (Fsp3) is 0. The van der Waals surface area contributed by atoms with Gasteiger partial charge in [-0.15, -0.1) is 0 Å². The molecule has 0 atom stereocenters. The van der Waals surface area contributed by atoms with E-state index in [2.05, 4.69) is 10.5 Å². The molecule has 0 aliphatic carbocycles. The molecule has 0 fully saturated rings. The molecule has 0 spiro atoms. The average molecular weight is 315 g/mol. The number of amides is 1. The van der Waals surface area contributed by atoms with Crippen LogP contribution in [0, 0.1) is 0 Å². The highest BCUT2D eigenvalue weighted by Gasteiger charge is 2.07. The summed E-state index contributed by atoms with van der Waals surface area (Å²) in [6, 6.07) is 14.1. The zero-order valence-corrected chi connectivity index (χ0v) is 12.1. The van der Waals surface area contributed by atoms with Gasteiger partial charge in [0, 0.05) is 10.6 Å². The summed E-state index contributed by atoms with van der Waals surface area (Å²) in [5, 5.41) is 4.45. The van der Waals surface area contributed by atoms with Crippen LogP contribution in [0.5, 0.6) is 0 Å². The Morgan fingerprint density at radius 3 is 2.86 bits per heavy atom. The molecule has 3 aromatic rings. The molecule has 3 rings (SSSR count). The van der Waals surface area contributed by atoms with Crippen LogP contribution in [0.15, 0.2) is 68.7 Å². The van der Waals surface area contributed by atoms with Crippen LogP contribution in [0.4, 0.5) is 0 Å². The predicted molar refractivity (Wildman–Crippen MR) is 82.9 cm³/mol. The van der Waals surface area contributed by atoms with Gasteiger partial charge >= 0.3 is 5.91 Å². The van der Waals surface area contributed by atoms with Crippen molar-refractivity contribution in [3.63, 3.8) is 0 Å². The van der Waals surface area contributed by atoms with Crippen molar-refractivity contribution in [3.05, 3.63) is 71.3 Å². The number of carbonyl (C=O) groups is 1. The van der Waals surface area contributed by atoms with Gasteiger partial charge in [-0.05, 0) is 36.4 Å². The van der Waals surface area contributed by atoms with Crippen molar-refractivity contribution in [2.24, 2.45) is 5.10 Å². The molecule has 2 heterocycles. The van der Waals surface area contributed by atoms with Gasteiger partial charge in [-0.1, -0.05) is 23.7 Å². The molecule has 1 amide bonds. The molecule has 110 valence electrons. The first-order valence-electron chi connectivity index (χ1n) is 6.45. The van der Waals surface area contributed by atoms with E-state index in [1.54, 1.807) is 36.4 Å². The molecule has 0 aliphatic rings. The monoisotopic (exact) mass is 314 g/mol. The van der Waals surface area contributed by atoms with E-state index in [4.69, 9.17) is 20.4 Å². The average Bonchev–Trinajstić information content (AvgIpc) is 3.19. The van der Waals surface area contributed by atoms with E-state index < -0.39 is 5.91 Å². The molecule has 0 bridgehead atoms. The van der Waals surface area contributed by atoms with Crippen LogP contribution in [0.3, 0.4) is 0 Å². The van der Waals surface area contributed by atoms with Crippen LogP contribution in [0.2, 0.25) is 5.02 Å². The maximum Gasteiger partial charge on any atom is 0.307 e. The highest BCUT2D eigenvalue weighted by molar-refractivity contribution is 6.30. The van der Waals surface area contributed by atoms with E-state index in [0.717, 1.165) is 5.56 Å². The molecule has 2 aromatic heterocycles. The van der Waals surface area contributed by atoms with E-state index in [9.17, 15) is 4.79 Å². The van der Waals surface area contributed by atoms with Gasteiger partial charge in [0.2, 0.25) is 0 Å². The van der Waals surface area contributed by atoms with E-state index >= 15 is 0 Å². The van der Waals surface area contributed by atoms with E-state index in [1.807, 2.05) is 12.1 Å². The molecule has 5 nitrogen and oxygen atoms in total. The summed E-state index contributed by atoms with van der Waals surface area (Å²) >= 11 is 5.94. The van der Waals surface area contributed by atoms with E-state index in [0.29, 0.717) is 16.5 Å². The molecule has 1 N–H and O–H groups in total. The Morgan fingerprint density at radius 1 is 1.18 bits per heavy atom. The van der Waals surface area contributed by atoms with Crippen LogP contribution in [-0.2, 0) is 0 Å². The number of hydrogen-bond donors (Lipinski definition) is 1. The van der Waals surface area contributed by atoms with Crippen LogP contribution in [0.1, 0.15) is 16.3 Å². The van der Waals surface area contributed by atoms with Gasteiger partial charge in [0.25, 0.3) is 0 Å². The number of halogens is 1. The maximum atomic E-state index is 11.6. The van der Waals surface area contributed by atoms with Crippen molar-refractivity contribution in [3.8, 4) is 11.3 Å². The first-order chi connectivity index (χ1) is 10.7. The van der Waals surface area contributed by atoms with Gasteiger partial charge in [-0.2, -0.15) is 5.10 Å². The number of hydrazone groups is 1. The molecule has 0 saturated carbocycles. The third-order valence-electron chi connectivity index (χ3n) is 2.84. The van der Waals surface area contributed by atoms with Gasteiger partial charge in [0.05, 0.1) is 12.5 Å². The highest BCUT2D eigenvalue weighted by Crippen LogP contribution is 2.24. The molecule has 0 unspecified atom stereocenters. The molecule has 6 heteroatoms. The summed E-state index contributed by atoms with van der Waals surface area (Å²) in [5.41, 5.74) is 3.21. The van der Waals surface area contributed by atoms with Crippen molar-refractivity contribution in [2.75, 3.05) is 0 Å². The van der Waals surface area contributed by atoms with Crippen molar-refractivity contribution < 1.29 is 13.6 Å². The Balaban J connectivity index is 1.67. The summed E-state index contributed by atoms with van der Waals surface area (Å²) < 4.78 is 10.6. The number of carbonyl (C=O) groups excluding carboxylic acids is 1. The smallest absolute Gasteiger partial charge is 0.307 e. The molecule has 1 aromatic carbocycles. The molecule has 0 radical (unpaired) electrons. The van der Waals surface area contributed by atoms with E-state index in [1.165, 1.54) is 12.5 Å². The van der Waals surface area contributed by atoms with Crippen molar-refractivity contribution in [1.82, 2.24) is 5.43 Å². The Bertz CT molecular complexity index is 806. The Labute approximate surface area is 131 Å². The van der Waals surface area contributed by atoms with Gasteiger partial charge in [-0.3, -0.25) is 4.79 Å². The van der Waals surface area contributed by atoms with Gasteiger partial charge < -0.3 is 8.83 Å². The number of benzene rings is 1. The second kappa shape index (κ2) is 6.32. The maximum absolute atomic E-state index is 11.6. The van der Waals surface area contributed by atoms with Crippen molar-refractivity contribution in [1.29, 1.82) is 0 Å². The van der Waals surface area contributed by atoms with Crippen molar-refractivity contribution in [2.45, 2.75) is 0 Å². The lowest BCUT2D eigenvalue weighted by Crippen LogP contribution is -2.16. The normalized spacial score (nSPS) is 11.0. The molecule has 0 aliphatic heterocycles. The van der Waals surface area contributed by atoms with Crippen molar-refractivity contribution >= 4 is 23.7 Å². The third-order valence-corrected chi connectivity index (χ3v) is 3.07. The van der Waals surface area contributed by atoms with Crippen LogP contribution >= 0.6 is 11.6 Å². The zero-order valence-electron chi connectivity index (χ0n) is 11.3. The van der Waals surface area contributed by atoms with Gasteiger partial charge in [-0.25, -0.2) is 5.43 Å². The zero-order chi connectivity index (χ0) is 15.4. The lowest BCUT2D eigenvalue weighted by atomic mass is 10.2. The lowest BCUT2D eigenvalue weighted by molar-refractivity contribution is 0.0927. The number of furan rings is 2. The second-order valence-electron chi connectivity index (χ2n) is 4.39. The predicted octanol–water partition coefficient (Wildman–Crippen LogP) is 3.96. The Hall–Kier alpha value is -2.79. The molecular weight excluding hydrogens is 304 g/mol. The largest absolute Gasteiger partial charge is 0.459 e. The second-order valence-corrected chi connectivity index (χ2v) is 4.83. The summed E-state index contributed by atoms with van der Waals surface area (Å²) in [7, 11) is 0. The topological polar surface area (TPSA) is 67.7 Å². The summed E-state index contributed by atoms with van der Waals surface area (Å²) in [6.07, 6.45) is 2.83. The van der Waals surface area contributed by atoms with Crippen LogP contribution < -0.4 is 5.43 Å². The number of hydrogen-bond acceptors (Lipinski definition) is 4. The summed E-state index contributed by atoms with van der Waals surface area (Å²) in [6.45, 7) is 0. The molecular formula is C16H11ClN2O3. The SMILES string of the molecule is O=C(N/N=C\c1ccc(-c2cccc(Cl)c2)o1)c1ccco1. The minimum Gasteiger partial charge on any atom is -0.459 e. The fourth-order valence-corrected chi connectivity index (χ4v) is 2.03. The Morgan fingerprint density at radius 2 is 2.09 bits per heavy atom. The molecule has 0 saturated heterocycles. The summed E-state index contributed by atoms with van der Waals surface area (Å²) in [4.78, 5) is 11.6. The first kappa shape index (κ1) is 14.2. The number of nitrogens with zero attached hydrogens (tertiary/aromatic N) is 1. The van der Waals surface area contributed by atoms with Crippen LogP contribution in [0.25, 0.3) is 11.3 Å². The Kier molecular flexibility index (Phi) is 4.07. The minimum absolute atomic E-state index is 0.191. The van der Waals surface area contributed by atoms with Gasteiger partial charge in [0.1, 0.15) is 11.5 Å². The fourth-order valence-electron chi connectivity index (χ4n) is 1.84. The van der Waals surface area contributed by atoms with E-state index in [-0.39, 0.29) is 5.76 Å². The first-order valence-corrected chi connectivity index (χ1v) is 6.83. The lowest BCUT2D eigenvalue weighted by Gasteiger charge is -1.97. The number of rotatable bonds is 4. The molecule has 22 heavy (non-hydrogen) atoms. The minimum atomic E-state index is -0.428. The standard InChI is InChI=1S/C16H11ClN2O3/c17-12-4-1-3-11(9-12)14-7-6-13(22-14)10-18-19-16(20)15-5-2-8-21-15/h1-10H,(H,19,20)/b18-10-. The third kappa shape index (κ3) is 3.27. The van der Waals surface area contributed by atoms with Gasteiger partial charge in [0.15, 0.2) is 5.76 Å². The number of nitrogens with one attached hydrogen (secondary N) is 1. The summed E-state index contributed by atoms with van der Waals surface area (Å²) in [5.74, 6) is 0.940.